The molecule has 0 atom stereocenters. The summed E-state index contributed by atoms with van der Waals surface area (Å²) in [5.41, 5.74) is 3.46. The molecule has 0 unspecified atom stereocenters. The summed E-state index contributed by atoms with van der Waals surface area (Å²) in [7, 11) is 0. The van der Waals surface area contributed by atoms with Crippen LogP contribution in [0.5, 0.6) is 5.75 Å². The van der Waals surface area contributed by atoms with Gasteiger partial charge in [-0.25, -0.2) is 0 Å². The molecule has 2 aromatic carbocycles. The zero-order valence-corrected chi connectivity index (χ0v) is 12.5. The average Bonchev–Trinajstić information content (AvgIpc) is 2.49. The van der Waals surface area contributed by atoms with Crippen LogP contribution in [0.2, 0.25) is 0 Å². The standard InChI is InChI=1S/C17H20N2O2/c1-4-18-15-8-6-5-7-13(15)17(21)19-14-10-9-11(2)16(20)12(14)3/h5-10,18,20H,4H2,1-3H3,(H,19,21). The highest BCUT2D eigenvalue weighted by molar-refractivity contribution is 6.08. The Hall–Kier alpha value is -2.49. The van der Waals surface area contributed by atoms with Crippen LogP contribution >= 0.6 is 0 Å². The lowest BCUT2D eigenvalue weighted by molar-refractivity contribution is 0.102. The highest BCUT2D eigenvalue weighted by atomic mass is 16.3. The van der Waals surface area contributed by atoms with E-state index in [0.29, 0.717) is 16.8 Å². The predicted octanol–water partition coefficient (Wildman–Crippen LogP) is 3.69. The van der Waals surface area contributed by atoms with Crippen LogP contribution in [0.1, 0.15) is 28.4 Å². The van der Waals surface area contributed by atoms with Crippen LogP contribution in [0.3, 0.4) is 0 Å². The molecule has 0 aliphatic heterocycles. The lowest BCUT2D eigenvalue weighted by atomic mass is 10.1. The van der Waals surface area contributed by atoms with Crippen LogP contribution < -0.4 is 10.6 Å². The van der Waals surface area contributed by atoms with E-state index in [1.807, 2.05) is 32.0 Å². The van der Waals surface area contributed by atoms with Crippen molar-refractivity contribution in [1.29, 1.82) is 0 Å². The molecule has 4 nitrogen and oxygen atoms in total. The van der Waals surface area contributed by atoms with Crippen molar-refractivity contribution < 1.29 is 9.90 Å². The van der Waals surface area contributed by atoms with Gasteiger partial charge in [0.2, 0.25) is 0 Å². The molecule has 2 rings (SSSR count). The fourth-order valence-electron chi connectivity index (χ4n) is 2.19. The maximum atomic E-state index is 12.4. The molecule has 3 N–H and O–H groups in total. The second-order valence-corrected chi connectivity index (χ2v) is 4.93. The lowest BCUT2D eigenvalue weighted by Crippen LogP contribution is -2.15. The van der Waals surface area contributed by atoms with E-state index in [2.05, 4.69) is 10.6 Å². The third-order valence-corrected chi connectivity index (χ3v) is 3.42. The summed E-state index contributed by atoms with van der Waals surface area (Å²) < 4.78 is 0. The minimum absolute atomic E-state index is 0.196. The second kappa shape index (κ2) is 6.31. The Labute approximate surface area is 124 Å². The quantitative estimate of drug-likeness (QED) is 0.802. The Kier molecular flexibility index (Phi) is 4.48. The summed E-state index contributed by atoms with van der Waals surface area (Å²) in [5, 5.41) is 16.0. The summed E-state index contributed by atoms with van der Waals surface area (Å²) >= 11 is 0. The van der Waals surface area contributed by atoms with E-state index < -0.39 is 0 Å². The summed E-state index contributed by atoms with van der Waals surface area (Å²) in [5.74, 6) is 0.0191. The van der Waals surface area contributed by atoms with E-state index in [1.165, 1.54) is 0 Å². The number of carbonyl (C=O) groups excluding carboxylic acids is 1. The van der Waals surface area contributed by atoms with Gasteiger partial charge in [-0.05, 0) is 44.5 Å². The van der Waals surface area contributed by atoms with Crippen molar-refractivity contribution in [2.75, 3.05) is 17.2 Å². The summed E-state index contributed by atoms with van der Waals surface area (Å²) in [4.78, 5) is 12.4. The first-order valence-corrected chi connectivity index (χ1v) is 6.98. The number of aryl methyl sites for hydroxylation is 1. The van der Waals surface area contributed by atoms with Crippen molar-refractivity contribution >= 4 is 17.3 Å². The summed E-state index contributed by atoms with van der Waals surface area (Å²) in [6.07, 6.45) is 0. The van der Waals surface area contributed by atoms with Gasteiger partial charge in [0.05, 0.1) is 5.56 Å². The Morgan fingerprint density at radius 1 is 1.10 bits per heavy atom. The van der Waals surface area contributed by atoms with Crippen molar-refractivity contribution in [3.63, 3.8) is 0 Å². The first-order chi connectivity index (χ1) is 10.0. The minimum atomic E-state index is -0.196. The van der Waals surface area contributed by atoms with E-state index in [9.17, 15) is 9.90 Å². The topological polar surface area (TPSA) is 61.4 Å². The number of hydrogen-bond donors (Lipinski definition) is 3. The van der Waals surface area contributed by atoms with Gasteiger partial charge in [0.15, 0.2) is 0 Å². The molecule has 0 fully saturated rings. The molecular formula is C17H20N2O2. The van der Waals surface area contributed by atoms with Gasteiger partial charge >= 0.3 is 0 Å². The molecule has 0 bridgehead atoms. The van der Waals surface area contributed by atoms with E-state index >= 15 is 0 Å². The smallest absolute Gasteiger partial charge is 0.257 e. The van der Waals surface area contributed by atoms with Crippen molar-refractivity contribution in [3.8, 4) is 5.75 Å². The monoisotopic (exact) mass is 284 g/mol. The van der Waals surface area contributed by atoms with Gasteiger partial charge in [0.25, 0.3) is 5.91 Å². The molecule has 0 aliphatic rings. The number of aromatic hydroxyl groups is 1. The molecule has 2 aromatic rings. The van der Waals surface area contributed by atoms with Gasteiger partial charge in [0.1, 0.15) is 5.75 Å². The number of anilines is 2. The first kappa shape index (κ1) is 14.9. The van der Waals surface area contributed by atoms with Crippen molar-refractivity contribution in [1.82, 2.24) is 0 Å². The van der Waals surface area contributed by atoms with Crippen LogP contribution in [-0.4, -0.2) is 17.6 Å². The normalized spacial score (nSPS) is 10.2. The average molecular weight is 284 g/mol. The SMILES string of the molecule is CCNc1ccccc1C(=O)Nc1ccc(C)c(O)c1C. The first-order valence-electron chi connectivity index (χ1n) is 6.98. The van der Waals surface area contributed by atoms with Crippen LogP contribution in [0, 0.1) is 13.8 Å². The summed E-state index contributed by atoms with van der Waals surface area (Å²) in [6.45, 7) is 6.34. The van der Waals surface area contributed by atoms with Gasteiger partial charge in [-0.3, -0.25) is 4.79 Å². The maximum absolute atomic E-state index is 12.4. The lowest BCUT2D eigenvalue weighted by Gasteiger charge is -2.13. The van der Waals surface area contributed by atoms with Gasteiger partial charge in [-0.2, -0.15) is 0 Å². The van der Waals surface area contributed by atoms with Gasteiger partial charge in [0, 0.05) is 23.5 Å². The molecule has 0 aliphatic carbocycles. The molecule has 0 saturated heterocycles. The van der Waals surface area contributed by atoms with Gasteiger partial charge < -0.3 is 15.7 Å². The maximum Gasteiger partial charge on any atom is 0.257 e. The number of phenolic OH excluding ortho intramolecular Hbond substituents is 1. The number of nitrogens with one attached hydrogen (secondary N) is 2. The largest absolute Gasteiger partial charge is 0.507 e. The number of benzene rings is 2. The number of hydrogen-bond acceptors (Lipinski definition) is 3. The van der Waals surface area contributed by atoms with E-state index in [0.717, 1.165) is 17.8 Å². The van der Waals surface area contributed by atoms with E-state index in [4.69, 9.17) is 0 Å². The Morgan fingerprint density at radius 3 is 2.52 bits per heavy atom. The molecule has 0 heterocycles. The fourth-order valence-corrected chi connectivity index (χ4v) is 2.19. The van der Waals surface area contributed by atoms with Gasteiger partial charge in [-0.15, -0.1) is 0 Å². The summed E-state index contributed by atoms with van der Waals surface area (Å²) in [6, 6.07) is 11.0. The number of rotatable bonds is 4. The fraction of sp³-hybridized carbons (Fsp3) is 0.235. The van der Waals surface area contributed by atoms with E-state index in [1.54, 1.807) is 25.1 Å². The molecule has 110 valence electrons. The number of phenols is 1. The molecule has 0 saturated carbocycles. The zero-order valence-electron chi connectivity index (χ0n) is 12.5. The zero-order chi connectivity index (χ0) is 15.4. The van der Waals surface area contributed by atoms with Crippen molar-refractivity contribution in [2.45, 2.75) is 20.8 Å². The number of amides is 1. The third kappa shape index (κ3) is 3.16. The van der Waals surface area contributed by atoms with Crippen LogP contribution in [-0.2, 0) is 0 Å². The molecule has 21 heavy (non-hydrogen) atoms. The molecular weight excluding hydrogens is 264 g/mol. The molecule has 0 spiro atoms. The third-order valence-electron chi connectivity index (χ3n) is 3.42. The highest BCUT2D eigenvalue weighted by Gasteiger charge is 2.13. The van der Waals surface area contributed by atoms with E-state index in [-0.39, 0.29) is 11.7 Å². The number of carbonyl (C=O) groups is 1. The van der Waals surface area contributed by atoms with Crippen LogP contribution in [0.25, 0.3) is 0 Å². The molecule has 0 aromatic heterocycles. The minimum Gasteiger partial charge on any atom is -0.507 e. The Balaban J connectivity index is 2.29. The van der Waals surface area contributed by atoms with Crippen molar-refractivity contribution in [2.24, 2.45) is 0 Å². The molecule has 1 amide bonds. The number of para-hydroxylation sites is 1. The van der Waals surface area contributed by atoms with Gasteiger partial charge in [-0.1, -0.05) is 18.2 Å². The van der Waals surface area contributed by atoms with Crippen LogP contribution in [0.4, 0.5) is 11.4 Å². The second-order valence-electron chi connectivity index (χ2n) is 4.93. The predicted molar refractivity (Wildman–Crippen MR) is 86.1 cm³/mol. The Morgan fingerprint density at radius 2 is 1.81 bits per heavy atom. The van der Waals surface area contributed by atoms with Crippen LogP contribution in [0.15, 0.2) is 36.4 Å². The highest BCUT2D eigenvalue weighted by Crippen LogP contribution is 2.28. The Bertz CT molecular complexity index is 666. The van der Waals surface area contributed by atoms with Crippen molar-refractivity contribution in [3.05, 3.63) is 53.1 Å². The molecule has 0 radical (unpaired) electrons. The molecule has 4 heteroatoms.